The molecule has 13 heavy (non-hydrogen) atoms. The molecule has 1 aromatic rings. The molecule has 0 radical (unpaired) electrons. The normalized spacial score (nSPS) is 27.3. The Morgan fingerprint density at radius 2 is 2.69 bits per heavy atom. The Kier molecular flexibility index (Phi) is 2.30. The van der Waals surface area contributed by atoms with E-state index in [1.807, 2.05) is 11.7 Å². The van der Waals surface area contributed by atoms with Crippen LogP contribution in [0.1, 0.15) is 17.7 Å². The number of aromatic nitrogens is 1. The topological polar surface area (TPSA) is 48.7 Å². The molecule has 2 rings (SSSR count). The number of hydrogen-bond acceptors (Lipinski definition) is 4. The maximum absolute atomic E-state index is 9.09. The van der Waals surface area contributed by atoms with E-state index >= 15 is 0 Å². The lowest BCUT2D eigenvalue weighted by Crippen LogP contribution is -2.39. The molecule has 1 fully saturated rings. The van der Waals surface area contributed by atoms with E-state index < -0.39 is 0 Å². The molecule has 4 heteroatoms. The standard InChI is InChI=1S/C9H11N3S/c10-6-9(2-1-3-12-9)4-8-5-11-7-13-8/h5,7,12H,1-4H2. The van der Waals surface area contributed by atoms with Crippen LogP contribution in [0.5, 0.6) is 0 Å². The SMILES string of the molecule is N#CC1(Cc2cncs2)CCCN1. The fraction of sp³-hybridized carbons (Fsp3) is 0.556. The molecule has 0 aromatic carbocycles. The Hall–Kier alpha value is -0.920. The van der Waals surface area contributed by atoms with E-state index in [1.165, 1.54) is 4.88 Å². The molecule has 0 spiro atoms. The highest BCUT2D eigenvalue weighted by Gasteiger charge is 2.33. The minimum Gasteiger partial charge on any atom is -0.299 e. The lowest BCUT2D eigenvalue weighted by molar-refractivity contribution is 0.483. The maximum atomic E-state index is 9.09. The van der Waals surface area contributed by atoms with Crippen molar-refractivity contribution in [2.45, 2.75) is 24.8 Å². The van der Waals surface area contributed by atoms with E-state index in [2.05, 4.69) is 16.4 Å². The Morgan fingerprint density at radius 3 is 3.23 bits per heavy atom. The van der Waals surface area contributed by atoms with Crippen LogP contribution >= 0.6 is 11.3 Å². The van der Waals surface area contributed by atoms with Gasteiger partial charge in [-0.1, -0.05) is 0 Å². The molecule has 1 aliphatic heterocycles. The van der Waals surface area contributed by atoms with Crippen LogP contribution in [0.2, 0.25) is 0 Å². The van der Waals surface area contributed by atoms with Crippen molar-refractivity contribution >= 4 is 11.3 Å². The van der Waals surface area contributed by atoms with Crippen LogP contribution in [0.15, 0.2) is 11.7 Å². The third-order valence-corrected chi connectivity index (χ3v) is 3.20. The van der Waals surface area contributed by atoms with Gasteiger partial charge in [0.25, 0.3) is 0 Å². The summed E-state index contributed by atoms with van der Waals surface area (Å²) in [6.45, 7) is 0.965. The summed E-state index contributed by atoms with van der Waals surface area (Å²) < 4.78 is 0. The van der Waals surface area contributed by atoms with E-state index in [0.29, 0.717) is 0 Å². The quantitative estimate of drug-likeness (QED) is 0.771. The highest BCUT2D eigenvalue weighted by molar-refractivity contribution is 7.09. The number of thiazole rings is 1. The van der Waals surface area contributed by atoms with Crippen LogP contribution in [0.4, 0.5) is 0 Å². The number of nitriles is 1. The van der Waals surface area contributed by atoms with Crippen LogP contribution in [0.25, 0.3) is 0 Å². The number of rotatable bonds is 2. The van der Waals surface area contributed by atoms with Gasteiger partial charge in [0, 0.05) is 17.5 Å². The highest BCUT2D eigenvalue weighted by atomic mass is 32.1. The van der Waals surface area contributed by atoms with Crippen LogP contribution < -0.4 is 5.32 Å². The van der Waals surface area contributed by atoms with Gasteiger partial charge in [-0.3, -0.25) is 10.3 Å². The summed E-state index contributed by atoms with van der Waals surface area (Å²) >= 11 is 1.62. The van der Waals surface area contributed by atoms with Gasteiger partial charge in [0.15, 0.2) is 0 Å². The molecule has 1 saturated heterocycles. The number of hydrogen-bond donors (Lipinski definition) is 1. The first-order chi connectivity index (χ1) is 6.35. The zero-order valence-corrected chi connectivity index (χ0v) is 8.10. The molecule has 0 amide bonds. The van der Waals surface area contributed by atoms with Gasteiger partial charge in [0.2, 0.25) is 0 Å². The number of nitrogens with one attached hydrogen (secondary N) is 1. The minimum absolute atomic E-state index is 0.313. The zero-order valence-electron chi connectivity index (χ0n) is 7.29. The van der Waals surface area contributed by atoms with Crippen molar-refractivity contribution in [3.8, 4) is 6.07 Å². The predicted octanol–water partition coefficient (Wildman–Crippen LogP) is 1.33. The van der Waals surface area contributed by atoms with Crippen molar-refractivity contribution < 1.29 is 0 Å². The third-order valence-electron chi connectivity index (χ3n) is 2.42. The molecule has 1 unspecified atom stereocenters. The molecule has 1 atom stereocenters. The second-order valence-corrected chi connectivity index (χ2v) is 4.34. The molecule has 68 valence electrons. The van der Waals surface area contributed by atoms with Gasteiger partial charge in [-0.05, 0) is 19.4 Å². The molecule has 1 aliphatic rings. The van der Waals surface area contributed by atoms with Gasteiger partial charge in [0.1, 0.15) is 5.54 Å². The van der Waals surface area contributed by atoms with Crippen molar-refractivity contribution in [2.75, 3.05) is 6.54 Å². The van der Waals surface area contributed by atoms with Crippen LogP contribution in [0.3, 0.4) is 0 Å². The fourth-order valence-corrected chi connectivity index (χ4v) is 2.43. The second-order valence-electron chi connectivity index (χ2n) is 3.37. The maximum Gasteiger partial charge on any atom is 0.111 e. The monoisotopic (exact) mass is 193 g/mol. The van der Waals surface area contributed by atoms with E-state index in [1.54, 1.807) is 11.3 Å². The van der Waals surface area contributed by atoms with E-state index in [4.69, 9.17) is 5.26 Å². The largest absolute Gasteiger partial charge is 0.299 e. The Morgan fingerprint density at radius 1 is 1.77 bits per heavy atom. The smallest absolute Gasteiger partial charge is 0.111 e. The molecule has 2 heterocycles. The predicted molar refractivity (Wildman–Crippen MR) is 51.4 cm³/mol. The summed E-state index contributed by atoms with van der Waals surface area (Å²) in [6, 6.07) is 2.38. The van der Waals surface area contributed by atoms with Crippen molar-refractivity contribution in [1.82, 2.24) is 10.3 Å². The third kappa shape index (κ3) is 1.71. The van der Waals surface area contributed by atoms with Crippen LogP contribution in [0, 0.1) is 11.3 Å². The summed E-state index contributed by atoms with van der Waals surface area (Å²) in [5.74, 6) is 0. The average molecular weight is 193 g/mol. The highest BCUT2D eigenvalue weighted by Crippen LogP contribution is 2.24. The first kappa shape index (κ1) is 8.67. The summed E-state index contributed by atoms with van der Waals surface area (Å²) in [5.41, 5.74) is 1.50. The molecule has 0 bridgehead atoms. The van der Waals surface area contributed by atoms with Crippen molar-refractivity contribution in [3.05, 3.63) is 16.6 Å². The summed E-state index contributed by atoms with van der Waals surface area (Å²) in [6.07, 6.45) is 4.71. The van der Waals surface area contributed by atoms with E-state index in [-0.39, 0.29) is 5.54 Å². The van der Waals surface area contributed by atoms with Gasteiger partial charge in [-0.15, -0.1) is 11.3 Å². The Labute approximate surface area is 81.4 Å². The molecule has 0 saturated carbocycles. The van der Waals surface area contributed by atoms with E-state index in [9.17, 15) is 0 Å². The molecular weight excluding hydrogens is 182 g/mol. The Bertz CT molecular complexity index is 306. The average Bonchev–Trinajstić information content (AvgIpc) is 2.77. The van der Waals surface area contributed by atoms with Gasteiger partial charge in [-0.2, -0.15) is 5.26 Å². The fourth-order valence-electron chi connectivity index (χ4n) is 1.72. The van der Waals surface area contributed by atoms with Gasteiger partial charge in [0.05, 0.1) is 11.6 Å². The second kappa shape index (κ2) is 3.44. The van der Waals surface area contributed by atoms with Crippen LogP contribution in [-0.4, -0.2) is 17.1 Å². The Balaban J connectivity index is 2.11. The minimum atomic E-state index is -0.313. The molecule has 1 N–H and O–H groups in total. The lowest BCUT2D eigenvalue weighted by atomic mass is 9.95. The van der Waals surface area contributed by atoms with Crippen molar-refractivity contribution in [1.29, 1.82) is 5.26 Å². The summed E-state index contributed by atoms with van der Waals surface area (Å²) in [5, 5.41) is 12.4. The zero-order chi connectivity index (χ0) is 9.15. The lowest BCUT2D eigenvalue weighted by Gasteiger charge is -2.19. The first-order valence-corrected chi connectivity index (χ1v) is 5.26. The molecule has 0 aliphatic carbocycles. The first-order valence-electron chi connectivity index (χ1n) is 4.38. The number of nitrogens with zero attached hydrogens (tertiary/aromatic N) is 2. The van der Waals surface area contributed by atoms with Gasteiger partial charge in [-0.25, -0.2) is 0 Å². The molecule has 1 aromatic heterocycles. The van der Waals surface area contributed by atoms with Crippen LogP contribution in [-0.2, 0) is 6.42 Å². The molecular formula is C9H11N3S. The van der Waals surface area contributed by atoms with Crippen molar-refractivity contribution in [2.24, 2.45) is 0 Å². The molecule has 3 nitrogen and oxygen atoms in total. The van der Waals surface area contributed by atoms with Crippen molar-refractivity contribution in [3.63, 3.8) is 0 Å². The van der Waals surface area contributed by atoms with E-state index in [0.717, 1.165) is 25.8 Å². The van der Waals surface area contributed by atoms with Gasteiger partial charge < -0.3 is 0 Å². The van der Waals surface area contributed by atoms with Gasteiger partial charge >= 0.3 is 0 Å². The summed E-state index contributed by atoms with van der Waals surface area (Å²) in [4.78, 5) is 5.20. The summed E-state index contributed by atoms with van der Waals surface area (Å²) in [7, 11) is 0.